The van der Waals surface area contributed by atoms with Gasteiger partial charge in [-0.15, -0.1) is 0 Å². The Labute approximate surface area is 111 Å². The molecule has 1 heterocycles. The van der Waals surface area contributed by atoms with Crippen LogP contribution in [-0.2, 0) is 6.42 Å². The standard InChI is InChI=1S/C12H15Cl2NS/c1-15-12-7-16-6-9(12)4-8-2-3-10(13)11(14)5-8/h2-3,5,9,12,15H,4,6-7H2,1H3. The summed E-state index contributed by atoms with van der Waals surface area (Å²) in [6.07, 6.45) is 1.08. The van der Waals surface area contributed by atoms with E-state index in [4.69, 9.17) is 23.2 Å². The average Bonchev–Trinajstić information content (AvgIpc) is 2.71. The lowest BCUT2D eigenvalue weighted by Gasteiger charge is -2.18. The van der Waals surface area contributed by atoms with Crippen LogP contribution in [-0.4, -0.2) is 24.6 Å². The van der Waals surface area contributed by atoms with Crippen LogP contribution in [0.15, 0.2) is 18.2 Å². The molecule has 0 aromatic heterocycles. The summed E-state index contributed by atoms with van der Waals surface area (Å²) in [5.41, 5.74) is 1.28. The summed E-state index contributed by atoms with van der Waals surface area (Å²) >= 11 is 13.9. The molecule has 1 aromatic rings. The van der Waals surface area contributed by atoms with Gasteiger partial charge in [0.1, 0.15) is 0 Å². The molecular weight excluding hydrogens is 261 g/mol. The summed E-state index contributed by atoms with van der Waals surface area (Å²) in [5.74, 6) is 3.14. The molecule has 4 heteroatoms. The predicted octanol–water partition coefficient (Wildman–Crippen LogP) is 3.49. The highest BCUT2D eigenvalue weighted by Gasteiger charge is 2.26. The molecule has 16 heavy (non-hydrogen) atoms. The SMILES string of the molecule is CNC1CSCC1Cc1ccc(Cl)c(Cl)c1. The van der Waals surface area contributed by atoms with E-state index in [1.54, 1.807) is 0 Å². The molecule has 1 saturated heterocycles. The highest BCUT2D eigenvalue weighted by atomic mass is 35.5. The minimum Gasteiger partial charge on any atom is -0.316 e. The Balaban J connectivity index is 2.05. The molecule has 1 N–H and O–H groups in total. The van der Waals surface area contributed by atoms with Gasteiger partial charge in [-0.3, -0.25) is 0 Å². The van der Waals surface area contributed by atoms with E-state index in [2.05, 4.69) is 11.4 Å². The van der Waals surface area contributed by atoms with Crippen LogP contribution in [0.25, 0.3) is 0 Å². The van der Waals surface area contributed by atoms with Crippen LogP contribution in [0.5, 0.6) is 0 Å². The quantitative estimate of drug-likeness (QED) is 0.907. The molecule has 0 saturated carbocycles. The Morgan fingerprint density at radius 2 is 2.12 bits per heavy atom. The van der Waals surface area contributed by atoms with Crippen LogP contribution >= 0.6 is 35.0 Å². The number of halogens is 2. The smallest absolute Gasteiger partial charge is 0.0595 e. The van der Waals surface area contributed by atoms with E-state index in [1.165, 1.54) is 17.1 Å². The van der Waals surface area contributed by atoms with E-state index in [-0.39, 0.29) is 0 Å². The molecule has 1 aliphatic rings. The van der Waals surface area contributed by atoms with Gasteiger partial charge >= 0.3 is 0 Å². The molecule has 0 aliphatic carbocycles. The van der Waals surface area contributed by atoms with Gasteiger partial charge in [0.05, 0.1) is 10.0 Å². The summed E-state index contributed by atoms with van der Waals surface area (Å²) in [7, 11) is 2.04. The van der Waals surface area contributed by atoms with Crippen molar-refractivity contribution in [2.75, 3.05) is 18.6 Å². The van der Waals surface area contributed by atoms with Crippen LogP contribution in [0.3, 0.4) is 0 Å². The van der Waals surface area contributed by atoms with Gasteiger partial charge in [-0.25, -0.2) is 0 Å². The van der Waals surface area contributed by atoms with E-state index < -0.39 is 0 Å². The second-order valence-corrected chi connectivity index (χ2v) is 6.03. The molecule has 1 fully saturated rings. The van der Waals surface area contributed by atoms with Crippen LogP contribution in [0.2, 0.25) is 10.0 Å². The lowest BCUT2D eigenvalue weighted by molar-refractivity contribution is 0.453. The highest BCUT2D eigenvalue weighted by molar-refractivity contribution is 7.99. The fourth-order valence-electron chi connectivity index (χ4n) is 2.09. The molecular formula is C12H15Cl2NS. The Hall–Kier alpha value is 0.110. The number of hydrogen-bond acceptors (Lipinski definition) is 2. The molecule has 0 amide bonds. The average molecular weight is 276 g/mol. The van der Waals surface area contributed by atoms with Crippen LogP contribution in [0.1, 0.15) is 5.56 Å². The molecule has 88 valence electrons. The third kappa shape index (κ3) is 2.86. The van der Waals surface area contributed by atoms with E-state index in [0.29, 0.717) is 22.0 Å². The predicted molar refractivity (Wildman–Crippen MR) is 73.8 cm³/mol. The normalized spacial score (nSPS) is 24.9. The van der Waals surface area contributed by atoms with Crippen molar-refractivity contribution in [1.82, 2.24) is 5.32 Å². The first-order valence-electron chi connectivity index (χ1n) is 5.39. The minimum atomic E-state index is 0.624. The van der Waals surface area contributed by atoms with Crippen LogP contribution in [0.4, 0.5) is 0 Å². The fourth-order valence-corrected chi connectivity index (χ4v) is 3.89. The zero-order valence-corrected chi connectivity index (χ0v) is 11.5. The van der Waals surface area contributed by atoms with Gasteiger partial charge in [-0.1, -0.05) is 29.3 Å². The molecule has 2 unspecified atom stereocenters. The van der Waals surface area contributed by atoms with Gasteiger partial charge in [0.25, 0.3) is 0 Å². The first kappa shape index (κ1) is 12.6. The summed E-state index contributed by atoms with van der Waals surface area (Å²) < 4.78 is 0. The zero-order chi connectivity index (χ0) is 11.5. The van der Waals surface area contributed by atoms with Crippen molar-refractivity contribution >= 4 is 35.0 Å². The van der Waals surface area contributed by atoms with Crippen LogP contribution in [0, 0.1) is 5.92 Å². The Morgan fingerprint density at radius 1 is 1.31 bits per heavy atom. The molecule has 2 atom stereocenters. The van der Waals surface area contributed by atoms with E-state index in [0.717, 1.165) is 6.42 Å². The number of hydrogen-bond donors (Lipinski definition) is 1. The summed E-state index contributed by atoms with van der Waals surface area (Å²) in [5, 5.41) is 4.67. The van der Waals surface area contributed by atoms with Crippen molar-refractivity contribution in [3.63, 3.8) is 0 Å². The molecule has 1 aliphatic heterocycles. The lowest BCUT2D eigenvalue weighted by Crippen LogP contribution is -2.33. The fraction of sp³-hybridized carbons (Fsp3) is 0.500. The molecule has 2 rings (SSSR count). The number of thioether (sulfide) groups is 1. The van der Waals surface area contributed by atoms with Crippen molar-refractivity contribution < 1.29 is 0 Å². The third-order valence-electron chi connectivity index (χ3n) is 3.05. The van der Waals surface area contributed by atoms with Crippen molar-refractivity contribution in [2.24, 2.45) is 5.92 Å². The molecule has 0 bridgehead atoms. The van der Waals surface area contributed by atoms with Crippen molar-refractivity contribution in [3.8, 4) is 0 Å². The Kier molecular flexibility index (Phi) is 4.42. The maximum atomic E-state index is 6.02. The van der Waals surface area contributed by atoms with E-state index >= 15 is 0 Å². The van der Waals surface area contributed by atoms with Gasteiger partial charge in [0.15, 0.2) is 0 Å². The molecule has 1 nitrogen and oxygen atoms in total. The summed E-state index contributed by atoms with van der Waals surface area (Å²) in [4.78, 5) is 0. The van der Waals surface area contributed by atoms with Gasteiger partial charge in [0.2, 0.25) is 0 Å². The zero-order valence-electron chi connectivity index (χ0n) is 9.17. The molecule has 0 radical (unpaired) electrons. The van der Waals surface area contributed by atoms with Gasteiger partial charge in [-0.05, 0) is 42.8 Å². The number of benzene rings is 1. The molecule has 1 aromatic carbocycles. The molecule has 0 spiro atoms. The highest BCUT2D eigenvalue weighted by Crippen LogP contribution is 2.29. The minimum absolute atomic E-state index is 0.624. The van der Waals surface area contributed by atoms with E-state index in [9.17, 15) is 0 Å². The van der Waals surface area contributed by atoms with Crippen molar-refractivity contribution in [3.05, 3.63) is 33.8 Å². The maximum absolute atomic E-state index is 6.02. The Bertz CT molecular complexity index is 370. The maximum Gasteiger partial charge on any atom is 0.0595 e. The first-order valence-corrected chi connectivity index (χ1v) is 7.30. The summed E-state index contributed by atoms with van der Waals surface area (Å²) in [6, 6.07) is 6.57. The number of nitrogens with one attached hydrogen (secondary N) is 1. The van der Waals surface area contributed by atoms with Crippen LogP contribution < -0.4 is 5.32 Å². The lowest BCUT2D eigenvalue weighted by atomic mass is 9.95. The van der Waals surface area contributed by atoms with Gasteiger partial charge in [0, 0.05) is 11.8 Å². The van der Waals surface area contributed by atoms with E-state index in [1.807, 2.05) is 30.9 Å². The van der Waals surface area contributed by atoms with Gasteiger partial charge < -0.3 is 5.32 Å². The number of rotatable bonds is 3. The van der Waals surface area contributed by atoms with Crippen molar-refractivity contribution in [1.29, 1.82) is 0 Å². The second kappa shape index (κ2) is 5.63. The third-order valence-corrected chi connectivity index (χ3v) is 5.05. The largest absolute Gasteiger partial charge is 0.316 e. The second-order valence-electron chi connectivity index (χ2n) is 4.15. The monoisotopic (exact) mass is 275 g/mol. The topological polar surface area (TPSA) is 12.0 Å². The Morgan fingerprint density at radius 3 is 2.81 bits per heavy atom. The first-order chi connectivity index (χ1) is 7.70. The van der Waals surface area contributed by atoms with Crippen molar-refractivity contribution in [2.45, 2.75) is 12.5 Å². The summed E-state index contributed by atoms with van der Waals surface area (Å²) in [6.45, 7) is 0. The van der Waals surface area contributed by atoms with Gasteiger partial charge in [-0.2, -0.15) is 11.8 Å².